The molecule has 4 aromatic rings. The van der Waals surface area contributed by atoms with Crippen molar-refractivity contribution in [2.24, 2.45) is 0 Å². The Balaban J connectivity index is 1.56. The van der Waals surface area contributed by atoms with Gasteiger partial charge in [0.15, 0.2) is 4.96 Å². The summed E-state index contributed by atoms with van der Waals surface area (Å²) < 4.78 is 3.75. The van der Waals surface area contributed by atoms with Crippen LogP contribution in [0.4, 0.5) is 5.69 Å². The number of carbonyl (C=O) groups is 1. The van der Waals surface area contributed by atoms with Crippen molar-refractivity contribution < 1.29 is 4.79 Å². The van der Waals surface area contributed by atoms with Crippen LogP contribution in [-0.2, 0) is 11.2 Å². The second-order valence-electron chi connectivity index (χ2n) is 5.72. The third-order valence-electron chi connectivity index (χ3n) is 3.90. The van der Waals surface area contributed by atoms with Crippen molar-refractivity contribution in [3.8, 4) is 11.3 Å². The van der Waals surface area contributed by atoms with Crippen LogP contribution in [0.15, 0.2) is 69.1 Å². The van der Waals surface area contributed by atoms with Crippen LogP contribution in [0.25, 0.3) is 16.2 Å². The van der Waals surface area contributed by atoms with Gasteiger partial charge in [-0.3, -0.25) is 9.20 Å². The first-order valence-electron chi connectivity index (χ1n) is 7.86. The fraction of sp³-hybridized carbons (Fsp3) is 0.0526. The van der Waals surface area contributed by atoms with Crippen molar-refractivity contribution in [2.75, 3.05) is 5.32 Å². The summed E-state index contributed by atoms with van der Waals surface area (Å²) >= 11 is 8.42. The van der Waals surface area contributed by atoms with Crippen molar-refractivity contribution in [2.45, 2.75) is 6.42 Å². The molecule has 0 spiro atoms. The molecule has 0 bridgehead atoms. The molecule has 2 aromatic heterocycles. The van der Waals surface area contributed by atoms with E-state index >= 15 is 0 Å². The molecule has 0 radical (unpaired) electrons. The molecule has 2 aromatic carbocycles. The zero-order chi connectivity index (χ0) is 18.1. The molecule has 2 heterocycles. The van der Waals surface area contributed by atoms with Crippen LogP contribution in [0.5, 0.6) is 0 Å². The maximum Gasteiger partial charge on any atom is 0.230 e. The number of thiazole rings is 1. The molecule has 4 rings (SSSR count). The smallest absolute Gasteiger partial charge is 0.230 e. The van der Waals surface area contributed by atoms with E-state index in [1.807, 2.05) is 64.5 Å². The van der Waals surface area contributed by atoms with E-state index in [-0.39, 0.29) is 12.3 Å². The molecule has 0 saturated heterocycles. The van der Waals surface area contributed by atoms with E-state index in [0.29, 0.717) is 0 Å². The molecule has 0 aliphatic heterocycles. The van der Waals surface area contributed by atoms with Crippen LogP contribution in [0, 0.1) is 0 Å². The number of hydrogen-bond acceptors (Lipinski definition) is 3. The molecular formula is C19H13Br2N3OS. The van der Waals surface area contributed by atoms with Gasteiger partial charge in [0, 0.05) is 31.8 Å². The van der Waals surface area contributed by atoms with Crippen molar-refractivity contribution >= 4 is 59.8 Å². The summed E-state index contributed by atoms with van der Waals surface area (Å²) in [6, 6.07) is 15.7. The molecule has 1 N–H and O–H groups in total. The second-order valence-corrected chi connectivity index (χ2v) is 8.33. The van der Waals surface area contributed by atoms with Gasteiger partial charge in [0.25, 0.3) is 0 Å². The fourth-order valence-electron chi connectivity index (χ4n) is 2.66. The second kappa shape index (κ2) is 7.34. The highest BCUT2D eigenvalue weighted by atomic mass is 79.9. The Hall–Kier alpha value is -1.96. The summed E-state index contributed by atoms with van der Waals surface area (Å²) in [6.07, 6.45) is 2.27. The predicted octanol–water partition coefficient (Wildman–Crippen LogP) is 5.77. The number of anilines is 1. The van der Waals surface area contributed by atoms with Gasteiger partial charge in [0.1, 0.15) is 0 Å². The number of nitrogens with zero attached hydrogens (tertiary/aromatic N) is 2. The minimum Gasteiger partial charge on any atom is -0.325 e. The van der Waals surface area contributed by atoms with E-state index < -0.39 is 0 Å². The summed E-state index contributed by atoms with van der Waals surface area (Å²) in [5.41, 5.74) is 3.64. The van der Waals surface area contributed by atoms with E-state index in [1.54, 1.807) is 0 Å². The molecule has 4 nitrogen and oxygen atoms in total. The van der Waals surface area contributed by atoms with Gasteiger partial charge in [-0.2, -0.15) is 0 Å². The standard InChI is InChI=1S/C19H13Br2N3OS/c20-13-6-7-15(21)16(8-13)22-18(25)9-14-11-26-19-23-17(10-24(14)19)12-4-2-1-3-5-12/h1-8,10-11H,9H2,(H,22,25). The average Bonchev–Trinajstić information content (AvgIpc) is 3.21. The van der Waals surface area contributed by atoms with Crippen LogP contribution in [-0.4, -0.2) is 15.3 Å². The van der Waals surface area contributed by atoms with E-state index in [9.17, 15) is 4.79 Å². The number of nitrogens with one attached hydrogen (secondary N) is 1. The quantitative estimate of drug-likeness (QED) is 0.394. The zero-order valence-corrected chi connectivity index (χ0v) is 17.4. The molecule has 26 heavy (non-hydrogen) atoms. The van der Waals surface area contributed by atoms with Crippen molar-refractivity contribution in [1.29, 1.82) is 0 Å². The van der Waals surface area contributed by atoms with Crippen LogP contribution in [0.2, 0.25) is 0 Å². The lowest BCUT2D eigenvalue weighted by Crippen LogP contribution is -2.15. The highest BCUT2D eigenvalue weighted by Gasteiger charge is 2.13. The van der Waals surface area contributed by atoms with Gasteiger partial charge in [-0.15, -0.1) is 11.3 Å². The Kier molecular flexibility index (Phi) is 4.93. The summed E-state index contributed by atoms with van der Waals surface area (Å²) in [5.74, 6) is -0.0709. The Morgan fingerprint density at radius 3 is 2.77 bits per heavy atom. The molecule has 0 saturated carbocycles. The number of aromatic nitrogens is 2. The van der Waals surface area contributed by atoms with Crippen molar-refractivity contribution in [3.05, 3.63) is 74.7 Å². The molecule has 130 valence electrons. The summed E-state index contributed by atoms with van der Waals surface area (Å²) in [4.78, 5) is 18.0. The Labute approximate surface area is 171 Å². The van der Waals surface area contributed by atoms with Crippen LogP contribution >= 0.6 is 43.2 Å². The number of hydrogen-bond donors (Lipinski definition) is 1. The number of halogens is 2. The minimum atomic E-state index is -0.0709. The molecule has 1 amide bonds. The van der Waals surface area contributed by atoms with E-state index in [2.05, 4.69) is 42.2 Å². The van der Waals surface area contributed by atoms with E-state index in [1.165, 1.54) is 11.3 Å². The zero-order valence-electron chi connectivity index (χ0n) is 13.4. The lowest BCUT2D eigenvalue weighted by Gasteiger charge is -2.07. The Morgan fingerprint density at radius 1 is 1.15 bits per heavy atom. The molecule has 0 atom stereocenters. The number of rotatable bonds is 4. The largest absolute Gasteiger partial charge is 0.325 e. The average molecular weight is 491 g/mol. The number of carbonyl (C=O) groups excluding carboxylic acids is 1. The monoisotopic (exact) mass is 489 g/mol. The highest BCUT2D eigenvalue weighted by molar-refractivity contribution is 9.11. The van der Waals surface area contributed by atoms with Crippen LogP contribution in [0.1, 0.15) is 5.69 Å². The van der Waals surface area contributed by atoms with Crippen molar-refractivity contribution in [3.63, 3.8) is 0 Å². The third-order valence-corrected chi connectivity index (χ3v) is 5.97. The predicted molar refractivity (Wildman–Crippen MR) is 113 cm³/mol. The SMILES string of the molecule is O=C(Cc1csc2nc(-c3ccccc3)cn12)Nc1cc(Br)ccc1Br. The summed E-state index contributed by atoms with van der Waals surface area (Å²) in [6.45, 7) is 0. The van der Waals surface area contributed by atoms with Gasteiger partial charge < -0.3 is 5.32 Å². The summed E-state index contributed by atoms with van der Waals surface area (Å²) in [5, 5.41) is 4.93. The lowest BCUT2D eigenvalue weighted by atomic mass is 10.2. The number of benzene rings is 2. The van der Waals surface area contributed by atoms with Crippen LogP contribution < -0.4 is 5.32 Å². The first-order valence-corrected chi connectivity index (χ1v) is 10.3. The van der Waals surface area contributed by atoms with Gasteiger partial charge in [-0.1, -0.05) is 46.3 Å². The maximum absolute atomic E-state index is 12.5. The Morgan fingerprint density at radius 2 is 1.96 bits per heavy atom. The highest BCUT2D eigenvalue weighted by Crippen LogP contribution is 2.27. The van der Waals surface area contributed by atoms with Gasteiger partial charge in [0.05, 0.1) is 17.8 Å². The molecule has 7 heteroatoms. The molecule has 0 fully saturated rings. The number of amides is 1. The van der Waals surface area contributed by atoms with E-state index in [4.69, 9.17) is 0 Å². The topological polar surface area (TPSA) is 46.4 Å². The number of fused-ring (bicyclic) bond motifs is 1. The number of imidazole rings is 1. The summed E-state index contributed by atoms with van der Waals surface area (Å²) in [7, 11) is 0. The molecular weight excluding hydrogens is 478 g/mol. The lowest BCUT2D eigenvalue weighted by molar-refractivity contribution is -0.115. The Bertz CT molecular complexity index is 1090. The maximum atomic E-state index is 12.5. The van der Waals surface area contributed by atoms with Gasteiger partial charge >= 0.3 is 0 Å². The first kappa shape index (κ1) is 17.5. The fourth-order valence-corrected chi connectivity index (χ4v) is 4.24. The minimum absolute atomic E-state index is 0.0709. The van der Waals surface area contributed by atoms with Crippen LogP contribution in [0.3, 0.4) is 0 Å². The van der Waals surface area contributed by atoms with Gasteiger partial charge in [-0.05, 0) is 34.1 Å². The van der Waals surface area contributed by atoms with E-state index in [0.717, 1.165) is 36.5 Å². The molecule has 0 unspecified atom stereocenters. The van der Waals surface area contributed by atoms with Gasteiger partial charge in [-0.25, -0.2) is 4.98 Å². The third kappa shape index (κ3) is 3.60. The molecule has 0 aliphatic rings. The van der Waals surface area contributed by atoms with Gasteiger partial charge in [0.2, 0.25) is 5.91 Å². The first-order chi connectivity index (χ1) is 12.6. The molecule has 0 aliphatic carbocycles. The normalized spacial score (nSPS) is 11.0. The van der Waals surface area contributed by atoms with Crippen molar-refractivity contribution in [1.82, 2.24) is 9.38 Å².